The van der Waals surface area contributed by atoms with Crippen molar-refractivity contribution in [2.45, 2.75) is 129 Å². The number of carbonyl (C=O) groups excluding carboxylic acids is 1. The Kier molecular flexibility index (Phi) is 26.3. The molecule has 0 aliphatic rings. The van der Waals surface area contributed by atoms with Gasteiger partial charge in [-0.1, -0.05) is 96.1 Å². The Morgan fingerprint density at radius 3 is 1.58 bits per heavy atom. The monoisotopic (exact) mass is 486 g/mol. The predicted octanol–water partition coefficient (Wildman–Crippen LogP) is 8.11. The van der Waals surface area contributed by atoms with Crippen molar-refractivity contribution in [3.63, 3.8) is 0 Å². The molecule has 0 unspecified atom stereocenters. The van der Waals surface area contributed by atoms with Crippen LogP contribution in [0.25, 0.3) is 0 Å². The van der Waals surface area contributed by atoms with Crippen molar-refractivity contribution >= 4 is 11.9 Å². The summed E-state index contributed by atoms with van der Waals surface area (Å²) in [6.45, 7) is 3.67. The number of aliphatic carboxylic acids is 1. The molecule has 0 aliphatic heterocycles. The van der Waals surface area contributed by atoms with Gasteiger partial charge in [0.2, 0.25) is 0 Å². The molecule has 1 N–H and O–H groups in total. The molecule has 4 nitrogen and oxygen atoms in total. The molecule has 0 aromatic heterocycles. The molecular weight excluding hydrogens is 442 g/mol. The quantitative estimate of drug-likeness (QED) is 0.0443. The van der Waals surface area contributed by atoms with Gasteiger partial charge in [-0.2, -0.15) is 0 Å². The third-order valence-electron chi connectivity index (χ3n) is 5.35. The van der Waals surface area contributed by atoms with Gasteiger partial charge in [-0.15, -0.1) is 0 Å². The second kappa shape index (κ2) is 25.3. The van der Waals surface area contributed by atoms with Crippen LogP contribution < -0.4 is 0 Å². The van der Waals surface area contributed by atoms with Crippen molar-refractivity contribution in [3.05, 3.63) is 24.0 Å². The first-order valence-electron chi connectivity index (χ1n) is 12.3. The first-order chi connectivity index (χ1) is 14.6. The van der Waals surface area contributed by atoms with E-state index in [4.69, 9.17) is 9.84 Å². The first kappa shape index (κ1) is 32.2. The molecule has 0 rings (SSSR count). The molecule has 0 radical (unpaired) electrons. The SMILES string of the molecule is CCCCCCCC/C=C\CCCCCCCCCCCC(=O)OC=C(C)C(=O)O.[Zn]. The van der Waals surface area contributed by atoms with Gasteiger partial charge in [-0.3, -0.25) is 4.79 Å². The summed E-state index contributed by atoms with van der Waals surface area (Å²) in [5.41, 5.74) is 0.0348. The van der Waals surface area contributed by atoms with E-state index in [9.17, 15) is 9.59 Å². The molecule has 0 atom stereocenters. The zero-order valence-electron chi connectivity index (χ0n) is 20.3. The van der Waals surface area contributed by atoms with E-state index in [0.29, 0.717) is 6.42 Å². The van der Waals surface area contributed by atoms with E-state index in [1.807, 2.05) is 0 Å². The Morgan fingerprint density at radius 2 is 1.13 bits per heavy atom. The van der Waals surface area contributed by atoms with E-state index < -0.39 is 5.97 Å². The van der Waals surface area contributed by atoms with Crippen LogP contribution in [0.3, 0.4) is 0 Å². The minimum absolute atomic E-state index is 0. The van der Waals surface area contributed by atoms with Crippen molar-refractivity contribution in [1.82, 2.24) is 0 Å². The van der Waals surface area contributed by atoms with Gasteiger partial charge < -0.3 is 9.84 Å². The van der Waals surface area contributed by atoms with Gasteiger partial charge in [0.15, 0.2) is 0 Å². The van der Waals surface area contributed by atoms with Crippen LogP contribution in [0.4, 0.5) is 0 Å². The fraction of sp³-hybridized carbons (Fsp3) is 0.769. The molecular formula is C26H46O4Zn. The largest absolute Gasteiger partial charge is 0.478 e. The molecule has 176 valence electrons. The molecule has 0 aromatic carbocycles. The number of carbonyl (C=O) groups is 2. The normalized spacial score (nSPS) is 11.5. The molecule has 0 amide bonds. The standard InChI is InChI=1S/C26H46O4.Zn/c1-3-4-5-6-7-8-9-10-11-12-13-14-15-16-17-18-19-20-21-22-25(27)30-23-24(2)26(28)29;/h10-11,23H,3-9,12-22H2,1-2H3,(H,28,29);/b11-10-,24-23?;. The van der Waals surface area contributed by atoms with Crippen LogP contribution in [0.1, 0.15) is 129 Å². The van der Waals surface area contributed by atoms with Gasteiger partial charge in [0.1, 0.15) is 6.26 Å². The van der Waals surface area contributed by atoms with Crippen LogP contribution in [-0.4, -0.2) is 17.0 Å². The summed E-state index contributed by atoms with van der Waals surface area (Å²) in [6.07, 6.45) is 27.6. The van der Waals surface area contributed by atoms with Crippen LogP contribution in [0.5, 0.6) is 0 Å². The number of allylic oxidation sites excluding steroid dienone is 2. The molecule has 0 fully saturated rings. The molecule has 0 saturated heterocycles. The maximum Gasteiger partial charge on any atom is 0.334 e. The van der Waals surface area contributed by atoms with Crippen LogP contribution >= 0.6 is 0 Å². The van der Waals surface area contributed by atoms with Crippen molar-refractivity contribution in [2.24, 2.45) is 0 Å². The van der Waals surface area contributed by atoms with Crippen molar-refractivity contribution in [3.8, 4) is 0 Å². The van der Waals surface area contributed by atoms with Crippen LogP contribution in [0, 0.1) is 0 Å². The molecule has 5 heteroatoms. The molecule has 31 heavy (non-hydrogen) atoms. The van der Waals surface area contributed by atoms with Gasteiger partial charge >= 0.3 is 11.9 Å². The first-order valence-corrected chi connectivity index (χ1v) is 12.3. The maximum atomic E-state index is 11.5. The fourth-order valence-electron chi connectivity index (χ4n) is 3.31. The minimum atomic E-state index is -1.07. The summed E-state index contributed by atoms with van der Waals surface area (Å²) in [6, 6.07) is 0. The summed E-state index contributed by atoms with van der Waals surface area (Å²) in [4.78, 5) is 22.1. The zero-order chi connectivity index (χ0) is 22.3. The number of carboxylic acid groups (broad SMARTS) is 1. The van der Waals surface area contributed by atoms with E-state index in [1.54, 1.807) is 0 Å². The average molecular weight is 488 g/mol. The van der Waals surface area contributed by atoms with Crippen molar-refractivity contribution < 1.29 is 38.9 Å². The van der Waals surface area contributed by atoms with Gasteiger partial charge in [0.05, 0.1) is 5.57 Å². The number of carboxylic acids is 1. The molecule has 0 spiro atoms. The topological polar surface area (TPSA) is 63.6 Å². The second-order valence-electron chi connectivity index (χ2n) is 8.34. The van der Waals surface area contributed by atoms with E-state index in [2.05, 4.69) is 19.1 Å². The predicted molar refractivity (Wildman–Crippen MR) is 125 cm³/mol. The number of rotatable bonds is 21. The van der Waals surface area contributed by atoms with E-state index >= 15 is 0 Å². The summed E-state index contributed by atoms with van der Waals surface area (Å²) in [5, 5.41) is 8.68. The summed E-state index contributed by atoms with van der Waals surface area (Å²) in [5.74, 6) is -1.42. The molecule has 0 aromatic rings. The van der Waals surface area contributed by atoms with Crippen LogP contribution in [0.15, 0.2) is 24.0 Å². The van der Waals surface area contributed by atoms with Gasteiger partial charge in [0, 0.05) is 25.9 Å². The van der Waals surface area contributed by atoms with Crippen LogP contribution in [-0.2, 0) is 33.8 Å². The Bertz CT molecular complexity index is 486. The van der Waals surface area contributed by atoms with Gasteiger partial charge in [-0.05, 0) is 39.0 Å². The molecule has 0 bridgehead atoms. The third-order valence-corrected chi connectivity index (χ3v) is 5.35. The Balaban J connectivity index is 0. The Morgan fingerprint density at radius 1 is 0.710 bits per heavy atom. The van der Waals surface area contributed by atoms with E-state index in [1.165, 1.54) is 96.8 Å². The summed E-state index contributed by atoms with van der Waals surface area (Å²) in [7, 11) is 0. The third kappa shape index (κ3) is 25.2. The average Bonchev–Trinajstić information content (AvgIpc) is 2.73. The Hall–Kier alpha value is -0.957. The van der Waals surface area contributed by atoms with Crippen molar-refractivity contribution in [2.75, 3.05) is 0 Å². The molecule has 0 aliphatic carbocycles. The smallest absolute Gasteiger partial charge is 0.334 e. The van der Waals surface area contributed by atoms with Crippen LogP contribution in [0.2, 0.25) is 0 Å². The van der Waals surface area contributed by atoms with E-state index in [-0.39, 0.29) is 31.0 Å². The fourth-order valence-corrected chi connectivity index (χ4v) is 3.31. The molecule has 0 heterocycles. The Labute approximate surface area is 204 Å². The number of hydrogen-bond donors (Lipinski definition) is 1. The maximum absolute atomic E-state index is 11.5. The minimum Gasteiger partial charge on any atom is -0.478 e. The van der Waals surface area contributed by atoms with Gasteiger partial charge in [0.25, 0.3) is 0 Å². The number of hydrogen-bond acceptors (Lipinski definition) is 3. The number of ether oxygens (including phenoxy) is 1. The second-order valence-corrected chi connectivity index (χ2v) is 8.34. The zero-order valence-corrected chi connectivity index (χ0v) is 23.3. The van der Waals surface area contributed by atoms with E-state index in [0.717, 1.165) is 25.5 Å². The summed E-state index contributed by atoms with van der Waals surface area (Å²) < 4.78 is 4.82. The molecule has 0 saturated carbocycles. The summed E-state index contributed by atoms with van der Waals surface area (Å²) >= 11 is 0. The van der Waals surface area contributed by atoms with Gasteiger partial charge in [-0.25, -0.2) is 4.79 Å². The number of esters is 1. The van der Waals surface area contributed by atoms with Crippen molar-refractivity contribution in [1.29, 1.82) is 0 Å². The number of unbranched alkanes of at least 4 members (excludes halogenated alkanes) is 15.